The first kappa shape index (κ1) is 19.3. The van der Waals surface area contributed by atoms with E-state index in [1.165, 1.54) is 4.31 Å². The van der Waals surface area contributed by atoms with E-state index in [-0.39, 0.29) is 11.4 Å². The van der Waals surface area contributed by atoms with Crippen LogP contribution < -0.4 is 11.5 Å². The van der Waals surface area contributed by atoms with Gasteiger partial charge in [-0.15, -0.1) is 11.3 Å². The number of anilines is 1. The van der Waals surface area contributed by atoms with E-state index >= 15 is 0 Å². The number of nitrogens with two attached hydrogens (primary N) is 2. The summed E-state index contributed by atoms with van der Waals surface area (Å²) in [6.07, 6.45) is 5.41. The van der Waals surface area contributed by atoms with E-state index in [9.17, 15) is 8.42 Å². The van der Waals surface area contributed by atoms with Gasteiger partial charge in [-0.2, -0.15) is 0 Å². The molecule has 0 spiro atoms. The summed E-state index contributed by atoms with van der Waals surface area (Å²) in [5.74, 6) is 0.315. The number of hydrogen-bond donors (Lipinski definition) is 2. The molecule has 0 bridgehead atoms. The molecule has 0 saturated carbocycles. The van der Waals surface area contributed by atoms with Crippen LogP contribution >= 0.6 is 11.3 Å². The fourth-order valence-corrected chi connectivity index (χ4v) is 5.23. The molecule has 0 aliphatic carbocycles. The number of aromatic nitrogens is 1. The zero-order valence-electron chi connectivity index (χ0n) is 15.0. The molecule has 0 unspecified atom stereocenters. The first-order chi connectivity index (χ1) is 12.9. The molecule has 0 saturated heterocycles. The summed E-state index contributed by atoms with van der Waals surface area (Å²) in [6.45, 7) is 2.42. The van der Waals surface area contributed by atoms with Gasteiger partial charge in [0.2, 0.25) is 0 Å². The molecule has 0 amide bonds. The van der Waals surface area contributed by atoms with E-state index in [2.05, 4.69) is 4.98 Å². The first-order valence-corrected chi connectivity index (χ1v) is 10.8. The van der Waals surface area contributed by atoms with Crippen molar-refractivity contribution in [3.63, 3.8) is 0 Å². The summed E-state index contributed by atoms with van der Waals surface area (Å²) in [5.41, 5.74) is 12.3. The van der Waals surface area contributed by atoms with Crippen LogP contribution in [0.15, 0.2) is 59.1 Å². The lowest BCUT2D eigenvalue weighted by molar-refractivity contribution is 0.500. The SMILES string of the molecule is Cc1cnc(N)c2cccc(S(=O)(=O)N(C=CCN)CCc3cccs3)c12. The average Bonchev–Trinajstić information content (AvgIpc) is 3.18. The standard InChI is InChI=1S/C19H22N4O2S2/c1-14-13-22-19(21)16-6-2-7-17(18(14)16)27(24,25)23(10-4-9-20)11-8-15-5-3-12-26-15/h2-7,10,12-13H,8-9,11,20H2,1H3,(H2,21,22). The van der Waals surface area contributed by atoms with Crippen molar-refractivity contribution in [1.29, 1.82) is 0 Å². The lowest BCUT2D eigenvalue weighted by Gasteiger charge is -2.22. The second-order valence-corrected chi connectivity index (χ2v) is 8.96. The van der Waals surface area contributed by atoms with Gasteiger partial charge in [-0.25, -0.2) is 13.4 Å². The van der Waals surface area contributed by atoms with Crippen LogP contribution in [0.3, 0.4) is 0 Å². The number of nitrogen functional groups attached to an aromatic ring is 1. The van der Waals surface area contributed by atoms with Crippen LogP contribution in [-0.2, 0) is 16.4 Å². The molecule has 1 aromatic carbocycles. The Morgan fingerprint density at radius 1 is 1.26 bits per heavy atom. The second-order valence-electron chi connectivity index (χ2n) is 6.07. The molecular weight excluding hydrogens is 380 g/mol. The van der Waals surface area contributed by atoms with Gasteiger partial charge in [0.05, 0.1) is 4.90 Å². The Morgan fingerprint density at radius 3 is 2.78 bits per heavy atom. The topological polar surface area (TPSA) is 102 Å². The van der Waals surface area contributed by atoms with Gasteiger partial charge in [-0.3, -0.25) is 4.31 Å². The van der Waals surface area contributed by atoms with Gasteiger partial charge in [-0.1, -0.05) is 24.3 Å². The third-order valence-electron chi connectivity index (χ3n) is 4.25. The molecule has 8 heteroatoms. The van der Waals surface area contributed by atoms with Crippen molar-refractivity contribution in [2.24, 2.45) is 5.73 Å². The van der Waals surface area contributed by atoms with E-state index < -0.39 is 10.0 Å². The van der Waals surface area contributed by atoms with Crippen LogP contribution in [0.5, 0.6) is 0 Å². The summed E-state index contributed by atoms with van der Waals surface area (Å²) in [6, 6.07) is 9.04. The van der Waals surface area contributed by atoms with Crippen molar-refractivity contribution >= 4 is 38.0 Å². The molecule has 3 rings (SSSR count). The first-order valence-electron chi connectivity index (χ1n) is 8.50. The number of rotatable bonds is 7. The number of pyridine rings is 1. The maximum Gasteiger partial charge on any atom is 0.264 e. The molecule has 0 radical (unpaired) electrons. The minimum Gasteiger partial charge on any atom is -0.383 e. The number of aryl methyl sites for hydroxylation is 1. The minimum absolute atomic E-state index is 0.222. The number of benzene rings is 1. The molecule has 142 valence electrons. The Kier molecular flexibility index (Phi) is 5.79. The molecule has 0 fully saturated rings. The molecule has 0 atom stereocenters. The Morgan fingerprint density at radius 2 is 2.07 bits per heavy atom. The fourth-order valence-electron chi connectivity index (χ4n) is 2.92. The van der Waals surface area contributed by atoms with Crippen LogP contribution in [0.1, 0.15) is 10.4 Å². The Labute approximate surface area is 163 Å². The molecule has 4 N–H and O–H groups in total. The predicted octanol–water partition coefficient (Wildman–Crippen LogP) is 2.89. The van der Waals surface area contributed by atoms with Crippen molar-refractivity contribution in [3.8, 4) is 0 Å². The molecule has 0 aliphatic rings. The third kappa shape index (κ3) is 3.97. The summed E-state index contributed by atoms with van der Waals surface area (Å²) in [5, 5.41) is 3.22. The van der Waals surface area contributed by atoms with E-state index in [1.807, 2.05) is 24.4 Å². The molecule has 2 heterocycles. The zero-order chi connectivity index (χ0) is 19.4. The number of nitrogens with zero attached hydrogens (tertiary/aromatic N) is 2. The smallest absolute Gasteiger partial charge is 0.264 e. The summed E-state index contributed by atoms with van der Waals surface area (Å²) in [4.78, 5) is 5.48. The quantitative estimate of drug-likeness (QED) is 0.633. The molecule has 27 heavy (non-hydrogen) atoms. The Bertz CT molecular complexity index is 1060. The lowest BCUT2D eigenvalue weighted by atomic mass is 10.1. The highest BCUT2D eigenvalue weighted by Crippen LogP contribution is 2.31. The number of thiophene rings is 1. The minimum atomic E-state index is -3.78. The molecule has 0 aliphatic heterocycles. The highest BCUT2D eigenvalue weighted by molar-refractivity contribution is 7.89. The maximum atomic E-state index is 13.5. The number of fused-ring (bicyclic) bond motifs is 1. The van der Waals surface area contributed by atoms with Crippen molar-refractivity contribution in [1.82, 2.24) is 9.29 Å². The average molecular weight is 403 g/mol. The molecule has 6 nitrogen and oxygen atoms in total. The van der Waals surface area contributed by atoms with Crippen LogP contribution in [0, 0.1) is 6.92 Å². The lowest BCUT2D eigenvalue weighted by Crippen LogP contribution is -2.28. The number of sulfonamides is 1. The molecular formula is C19H22N4O2S2. The van der Waals surface area contributed by atoms with Crippen molar-refractivity contribution in [3.05, 3.63) is 64.6 Å². The van der Waals surface area contributed by atoms with Gasteiger partial charge in [-0.05, 0) is 30.0 Å². The van der Waals surface area contributed by atoms with Crippen LogP contribution in [0.25, 0.3) is 10.8 Å². The molecule has 3 aromatic rings. The Balaban J connectivity index is 2.07. The third-order valence-corrected chi connectivity index (χ3v) is 7.00. The van der Waals surface area contributed by atoms with Gasteiger partial charge >= 0.3 is 0 Å². The summed E-state index contributed by atoms with van der Waals surface area (Å²) < 4.78 is 28.3. The van der Waals surface area contributed by atoms with Crippen LogP contribution in [0.4, 0.5) is 5.82 Å². The van der Waals surface area contributed by atoms with E-state index in [1.54, 1.807) is 48.0 Å². The normalized spacial score (nSPS) is 12.1. The van der Waals surface area contributed by atoms with Crippen molar-refractivity contribution in [2.75, 3.05) is 18.8 Å². The van der Waals surface area contributed by atoms with Gasteiger partial charge in [0, 0.05) is 47.6 Å². The van der Waals surface area contributed by atoms with Gasteiger partial charge in [0.25, 0.3) is 10.0 Å². The predicted molar refractivity (Wildman–Crippen MR) is 111 cm³/mol. The van der Waals surface area contributed by atoms with E-state index in [4.69, 9.17) is 11.5 Å². The number of hydrogen-bond acceptors (Lipinski definition) is 6. The van der Waals surface area contributed by atoms with Gasteiger partial charge in [0.1, 0.15) is 5.82 Å². The largest absolute Gasteiger partial charge is 0.383 e. The highest BCUT2D eigenvalue weighted by Gasteiger charge is 2.25. The maximum absolute atomic E-state index is 13.5. The monoisotopic (exact) mass is 402 g/mol. The highest BCUT2D eigenvalue weighted by atomic mass is 32.2. The van der Waals surface area contributed by atoms with Crippen LogP contribution in [0.2, 0.25) is 0 Å². The van der Waals surface area contributed by atoms with Crippen molar-refractivity contribution < 1.29 is 8.42 Å². The Hall–Kier alpha value is -2.42. The second kappa shape index (κ2) is 8.08. The van der Waals surface area contributed by atoms with E-state index in [0.29, 0.717) is 29.6 Å². The van der Waals surface area contributed by atoms with Gasteiger partial charge < -0.3 is 11.5 Å². The van der Waals surface area contributed by atoms with Crippen molar-refractivity contribution in [2.45, 2.75) is 18.2 Å². The van der Waals surface area contributed by atoms with Crippen LogP contribution in [-0.4, -0.2) is 30.8 Å². The summed E-state index contributed by atoms with van der Waals surface area (Å²) >= 11 is 1.61. The van der Waals surface area contributed by atoms with E-state index in [0.717, 1.165) is 10.4 Å². The zero-order valence-corrected chi connectivity index (χ0v) is 16.6. The van der Waals surface area contributed by atoms with Gasteiger partial charge in [0.15, 0.2) is 0 Å². The molecule has 2 aromatic heterocycles. The summed E-state index contributed by atoms with van der Waals surface area (Å²) in [7, 11) is -3.78. The fraction of sp³-hybridized carbons (Fsp3) is 0.211.